The largest absolute Gasteiger partial charge is 0.375 e. The average molecular weight is 266 g/mol. The summed E-state index contributed by atoms with van der Waals surface area (Å²) in [6.45, 7) is 2.07. The summed E-state index contributed by atoms with van der Waals surface area (Å²) in [6.07, 6.45) is 0. The van der Waals surface area contributed by atoms with Crippen molar-refractivity contribution >= 4 is 17.4 Å². The van der Waals surface area contributed by atoms with E-state index in [0.717, 1.165) is 10.6 Å². The Morgan fingerprint density at radius 3 is 2.58 bits per heavy atom. The molecule has 1 N–H and O–H groups in total. The van der Waals surface area contributed by atoms with Gasteiger partial charge in [0.25, 0.3) is 0 Å². The first-order valence-electron chi connectivity index (χ1n) is 6.26. The summed E-state index contributed by atoms with van der Waals surface area (Å²) in [5.74, 6) is 0. The van der Waals surface area contributed by atoms with E-state index in [1.54, 1.807) is 11.8 Å². The zero-order valence-electron chi connectivity index (χ0n) is 10.6. The number of benzene rings is 2. The third-order valence-corrected chi connectivity index (χ3v) is 4.56. The van der Waals surface area contributed by atoms with E-state index in [-0.39, 0.29) is 11.3 Å². The molecule has 19 heavy (non-hydrogen) atoms. The molecule has 0 fully saturated rings. The maximum absolute atomic E-state index is 9.39. The minimum atomic E-state index is -0.0994. The van der Waals surface area contributed by atoms with E-state index in [9.17, 15) is 5.26 Å². The normalized spacial score (nSPS) is 21.1. The van der Waals surface area contributed by atoms with Gasteiger partial charge in [0.2, 0.25) is 0 Å². The van der Waals surface area contributed by atoms with Gasteiger partial charge in [-0.25, -0.2) is 0 Å². The van der Waals surface area contributed by atoms with E-state index in [1.165, 1.54) is 11.1 Å². The van der Waals surface area contributed by atoms with Crippen molar-refractivity contribution in [2.45, 2.75) is 23.1 Å². The van der Waals surface area contributed by atoms with Crippen LogP contribution in [0.1, 0.15) is 17.2 Å². The van der Waals surface area contributed by atoms with Crippen LogP contribution >= 0.6 is 11.8 Å². The third kappa shape index (κ3) is 2.32. The summed E-state index contributed by atoms with van der Waals surface area (Å²) < 4.78 is 0. The van der Waals surface area contributed by atoms with Gasteiger partial charge in [0.05, 0.1) is 12.1 Å². The van der Waals surface area contributed by atoms with Crippen LogP contribution in [0.3, 0.4) is 0 Å². The molecule has 0 aliphatic carbocycles. The van der Waals surface area contributed by atoms with Gasteiger partial charge in [0.15, 0.2) is 0 Å². The van der Waals surface area contributed by atoms with Crippen molar-refractivity contribution in [2.24, 2.45) is 0 Å². The van der Waals surface area contributed by atoms with Crippen LogP contribution in [-0.4, -0.2) is 5.25 Å². The third-order valence-electron chi connectivity index (χ3n) is 3.32. The summed E-state index contributed by atoms with van der Waals surface area (Å²) in [4.78, 5) is 1.15. The van der Waals surface area contributed by atoms with Crippen LogP contribution in [0.5, 0.6) is 0 Å². The number of nitrogens with zero attached hydrogens (tertiary/aromatic N) is 1. The number of para-hydroxylation sites is 1. The number of nitriles is 1. The minimum Gasteiger partial charge on any atom is -0.375 e. The van der Waals surface area contributed by atoms with Crippen molar-refractivity contribution in [3.63, 3.8) is 0 Å². The predicted molar refractivity (Wildman–Crippen MR) is 79.2 cm³/mol. The predicted octanol–water partition coefficient (Wildman–Crippen LogP) is 4.15. The molecule has 0 saturated heterocycles. The van der Waals surface area contributed by atoms with E-state index in [1.807, 2.05) is 12.1 Å². The number of thioether (sulfide) groups is 1. The molecule has 1 aliphatic rings. The van der Waals surface area contributed by atoms with Gasteiger partial charge in [-0.3, -0.25) is 0 Å². The van der Waals surface area contributed by atoms with Crippen LogP contribution < -0.4 is 5.32 Å². The van der Waals surface area contributed by atoms with Gasteiger partial charge in [-0.1, -0.05) is 42.0 Å². The first-order valence-corrected chi connectivity index (χ1v) is 7.14. The van der Waals surface area contributed by atoms with Crippen LogP contribution in [0.4, 0.5) is 5.69 Å². The Balaban J connectivity index is 1.98. The molecule has 0 spiro atoms. The van der Waals surface area contributed by atoms with E-state index in [0.29, 0.717) is 0 Å². The van der Waals surface area contributed by atoms with E-state index < -0.39 is 0 Å². The van der Waals surface area contributed by atoms with E-state index in [4.69, 9.17) is 0 Å². The Hall–Kier alpha value is -1.92. The number of fused-ring (bicyclic) bond motifs is 1. The lowest BCUT2D eigenvalue weighted by atomic mass is 10.0. The summed E-state index contributed by atoms with van der Waals surface area (Å²) >= 11 is 1.64. The maximum Gasteiger partial charge on any atom is 0.121 e. The molecule has 3 rings (SSSR count). The summed E-state index contributed by atoms with van der Waals surface area (Å²) in [5, 5.41) is 12.8. The fraction of sp³-hybridized carbons (Fsp3) is 0.188. The van der Waals surface area contributed by atoms with Gasteiger partial charge >= 0.3 is 0 Å². The molecular weight excluding hydrogens is 252 g/mol. The topological polar surface area (TPSA) is 35.8 Å². The molecule has 94 valence electrons. The highest BCUT2D eigenvalue weighted by atomic mass is 32.2. The van der Waals surface area contributed by atoms with E-state index in [2.05, 4.69) is 54.7 Å². The molecule has 2 aromatic rings. The van der Waals surface area contributed by atoms with Crippen LogP contribution in [0.25, 0.3) is 0 Å². The molecule has 0 bridgehead atoms. The smallest absolute Gasteiger partial charge is 0.121 e. The minimum absolute atomic E-state index is 0.0468. The number of hydrogen-bond acceptors (Lipinski definition) is 3. The number of hydrogen-bond donors (Lipinski definition) is 1. The molecule has 1 heterocycles. The fourth-order valence-corrected chi connectivity index (χ4v) is 3.37. The molecule has 2 unspecified atom stereocenters. The molecule has 2 aromatic carbocycles. The van der Waals surface area contributed by atoms with Crippen LogP contribution in [0.2, 0.25) is 0 Å². The molecule has 3 heteroatoms. The van der Waals surface area contributed by atoms with Crippen molar-refractivity contribution in [1.29, 1.82) is 5.26 Å². The van der Waals surface area contributed by atoms with Gasteiger partial charge < -0.3 is 5.32 Å². The van der Waals surface area contributed by atoms with Gasteiger partial charge in [-0.15, -0.1) is 11.8 Å². The molecule has 2 atom stereocenters. The molecule has 0 radical (unpaired) electrons. The van der Waals surface area contributed by atoms with Crippen molar-refractivity contribution in [3.05, 3.63) is 59.7 Å². The van der Waals surface area contributed by atoms with Crippen LogP contribution in [0, 0.1) is 18.3 Å². The number of anilines is 1. The quantitative estimate of drug-likeness (QED) is 0.842. The second-order valence-electron chi connectivity index (χ2n) is 4.70. The lowest BCUT2D eigenvalue weighted by Gasteiger charge is -2.30. The van der Waals surface area contributed by atoms with Gasteiger partial charge in [-0.05, 0) is 24.6 Å². The number of rotatable bonds is 1. The van der Waals surface area contributed by atoms with Crippen molar-refractivity contribution in [3.8, 4) is 6.07 Å². The zero-order chi connectivity index (χ0) is 13.2. The second-order valence-corrected chi connectivity index (χ2v) is 5.88. The summed E-state index contributed by atoms with van der Waals surface area (Å²) in [7, 11) is 0. The molecular formula is C16H14N2S. The van der Waals surface area contributed by atoms with Gasteiger partial charge in [0.1, 0.15) is 5.25 Å². The monoisotopic (exact) mass is 266 g/mol. The highest BCUT2D eigenvalue weighted by molar-refractivity contribution is 8.00. The molecule has 2 nitrogen and oxygen atoms in total. The Bertz CT molecular complexity index is 628. The lowest BCUT2D eigenvalue weighted by Crippen LogP contribution is -2.25. The highest BCUT2D eigenvalue weighted by Gasteiger charge is 2.29. The Labute approximate surface area is 117 Å². The maximum atomic E-state index is 9.39. The van der Waals surface area contributed by atoms with Gasteiger partial charge in [0, 0.05) is 10.6 Å². The molecule has 0 aromatic heterocycles. The average Bonchev–Trinajstić information content (AvgIpc) is 2.46. The lowest BCUT2D eigenvalue weighted by molar-refractivity contribution is 0.805. The first kappa shape index (κ1) is 12.1. The summed E-state index contributed by atoms with van der Waals surface area (Å²) in [5.41, 5.74) is 3.52. The standard InChI is InChI=1S/C16H14N2S/c1-11-6-8-12(9-7-11)16-15(10-17)19-14-5-3-2-4-13(14)18-16/h2-9,15-16,18H,1H3. The summed E-state index contributed by atoms with van der Waals surface area (Å²) in [6, 6.07) is 19.0. The SMILES string of the molecule is Cc1ccc(C2Nc3ccccc3SC2C#N)cc1. The van der Waals surface area contributed by atoms with Crippen molar-refractivity contribution in [2.75, 3.05) is 5.32 Å². The van der Waals surface area contributed by atoms with Crippen molar-refractivity contribution in [1.82, 2.24) is 0 Å². The van der Waals surface area contributed by atoms with E-state index >= 15 is 0 Å². The molecule has 0 saturated carbocycles. The fourth-order valence-electron chi connectivity index (χ4n) is 2.27. The highest BCUT2D eigenvalue weighted by Crippen LogP contribution is 2.42. The zero-order valence-corrected chi connectivity index (χ0v) is 11.4. The second kappa shape index (κ2) is 4.99. The molecule has 0 amide bonds. The Morgan fingerprint density at radius 1 is 1.11 bits per heavy atom. The number of aryl methyl sites for hydroxylation is 1. The Morgan fingerprint density at radius 2 is 1.84 bits per heavy atom. The van der Waals surface area contributed by atoms with Crippen molar-refractivity contribution < 1.29 is 0 Å². The Kier molecular flexibility index (Phi) is 3.18. The van der Waals surface area contributed by atoms with Crippen LogP contribution in [-0.2, 0) is 0 Å². The number of nitrogens with one attached hydrogen (secondary N) is 1. The first-order chi connectivity index (χ1) is 9.28. The van der Waals surface area contributed by atoms with Gasteiger partial charge in [-0.2, -0.15) is 5.26 Å². The molecule has 1 aliphatic heterocycles. The van der Waals surface area contributed by atoms with Crippen LogP contribution in [0.15, 0.2) is 53.4 Å².